The topological polar surface area (TPSA) is 55.4 Å². The van der Waals surface area contributed by atoms with Gasteiger partial charge in [0, 0.05) is 0 Å². The molecule has 0 unspecified atom stereocenters. The first-order chi connectivity index (χ1) is 17.6. The van der Waals surface area contributed by atoms with Crippen LogP contribution < -0.4 is 0 Å². The molecule has 3 aliphatic rings. The minimum Gasteiger partial charge on any atom is -0.374 e. The number of fused-ring (bicyclic) bond motifs is 2. The molecule has 0 amide bonds. The normalized spacial score (nSPS) is 32.4. The minimum atomic E-state index is -0.675. The second-order valence-electron chi connectivity index (χ2n) is 9.95. The van der Waals surface area contributed by atoms with Gasteiger partial charge in [0.05, 0.1) is 32.0 Å². The average molecular weight is 493 g/mol. The molecule has 0 aromatic heterocycles. The molecular formula is C30H36O6. The Hall–Kier alpha value is -2.32. The maximum atomic E-state index is 6.70. The zero-order valence-corrected chi connectivity index (χ0v) is 21.0. The van der Waals surface area contributed by atoms with E-state index in [0.717, 1.165) is 17.5 Å². The fraction of sp³-hybridized carbons (Fsp3) is 0.467. The van der Waals surface area contributed by atoms with Crippen LogP contribution in [0.1, 0.15) is 37.8 Å². The van der Waals surface area contributed by atoms with E-state index in [-0.39, 0.29) is 30.5 Å². The fourth-order valence-electron chi connectivity index (χ4n) is 4.78. The molecule has 0 N–H and O–H groups in total. The third kappa shape index (κ3) is 6.71. The van der Waals surface area contributed by atoms with Crippen LogP contribution in [0.4, 0.5) is 0 Å². The highest BCUT2D eigenvalue weighted by molar-refractivity contribution is 5.14. The monoisotopic (exact) mass is 492 g/mol. The van der Waals surface area contributed by atoms with Crippen LogP contribution in [-0.4, -0.2) is 49.2 Å². The van der Waals surface area contributed by atoms with Crippen molar-refractivity contribution in [3.8, 4) is 0 Å². The summed E-state index contributed by atoms with van der Waals surface area (Å²) in [6, 6.07) is 20.4. The molecule has 0 aliphatic carbocycles. The van der Waals surface area contributed by atoms with Crippen LogP contribution in [0, 0.1) is 0 Å². The maximum Gasteiger partial charge on any atom is 0.191 e. The van der Waals surface area contributed by atoms with E-state index >= 15 is 0 Å². The molecule has 2 aromatic rings. The zero-order chi connectivity index (χ0) is 24.8. The Morgan fingerprint density at radius 3 is 2.19 bits per heavy atom. The second-order valence-corrected chi connectivity index (χ2v) is 9.95. The van der Waals surface area contributed by atoms with Crippen molar-refractivity contribution in [3.63, 3.8) is 0 Å². The quantitative estimate of drug-likeness (QED) is 0.488. The van der Waals surface area contributed by atoms with Crippen molar-refractivity contribution >= 4 is 0 Å². The Balaban J connectivity index is 1.31. The summed E-state index contributed by atoms with van der Waals surface area (Å²) in [7, 11) is 0. The lowest BCUT2D eigenvalue weighted by atomic mass is 10.1. The Labute approximate surface area is 213 Å². The summed E-state index contributed by atoms with van der Waals surface area (Å²) in [5.41, 5.74) is 2.26. The van der Waals surface area contributed by atoms with Crippen molar-refractivity contribution in [2.45, 2.75) is 82.5 Å². The van der Waals surface area contributed by atoms with Gasteiger partial charge in [0.2, 0.25) is 0 Å². The molecule has 3 heterocycles. The summed E-state index contributed by atoms with van der Waals surface area (Å²) in [6.45, 7) is 5.25. The van der Waals surface area contributed by atoms with Crippen molar-refractivity contribution in [2.24, 2.45) is 0 Å². The van der Waals surface area contributed by atoms with Gasteiger partial charge in [-0.2, -0.15) is 0 Å². The van der Waals surface area contributed by atoms with Crippen LogP contribution in [0.3, 0.4) is 0 Å². The molecule has 1 fully saturated rings. The average Bonchev–Trinajstić information content (AvgIpc) is 3.13. The van der Waals surface area contributed by atoms with Crippen molar-refractivity contribution in [2.75, 3.05) is 6.61 Å². The van der Waals surface area contributed by atoms with Gasteiger partial charge >= 0.3 is 0 Å². The third-order valence-corrected chi connectivity index (χ3v) is 6.60. The number of ether oxygens (including phenoxy) is 6. The van der Waals surface area contributed by atoms with Gasteiger partial charge in [-0.1, -0.05) is 85.0 Å². The molecule has 6 nitrogen and oxygen atoms in total. The first kappa shape index (κ1) is 25.3. The molecule has 5 rings (SSSR count). The molecule has 36 heavy (non-hydrogen) atoms. The van der Waals surface area contributed by atoms with Gasteiger partial charge in [-0.15, -0.1) is 0 Å². The third-order valence-electron chi connectivity index (χ3n) is 6.60. The van der Waals surface area contributed by atoms with Crippen LogP contribution in [-0.2, 0) is 41.6 Å². The van der Waals surface area contributed by atoms with Crippen molar-refractivity contribution in [3.05, 3.63) is 96.1 Å². The van der Waals surface area contributed by atoms with E-state index in [1.165, 1.54) is 0 Å². The van der Waals surface area contributed by atoms with E-state index in [9.17, 15) is 0 Å². The van der Waals surface area contributed by atoms with Gasteiger partial charge in [0.15, 0.2) is 12.1 Å². The zero-order valence-electron chi connectivity index (χ0n) is 21.0. The molecule has 1 saturated heterocycles. The van der Waals surface area contributed by atoms with Crippen LogP contribution in [0.15, 0.2) is 85.0 Å². The van der Waals surface area contributed by atoms with Crippen molar-refractivity contribution < 1.29 is 28.4 Å². The highest BCUT2D eigenvalue weighted by Gasteiger charge is 2.45. The van der Waals surface area contributed by atoms with Gasteiger partial charge in [0.25, 0.3) is 0 Å². The predicted molar refractivity (Wildman–Crippen MR) is 136 cm³/mol. The summed E-state index contributed by atoms with van der Waals surface area (Å²) < 4.78 is 37.7. The van der Waals surface area contributed by atoms with Crippen LogP contribution in [0.25, 0.3) is 0 Å². The lowest BCUT2D eigenvalue weighted by molar-refractivity contribution is -0.223. The van der Waals surface area contributed by atoms with E-state index in [1.807, 2.05) is 56.3 Å². The molecule has 192 valence electrons. The van der Waals surface area contributed by atoms with Crippen LogP contribution in [0.2, 0.25) is 0 Å². The van der Waals surface area contributed by atoms with Gasteiger partial charge in [0.1, 0.15) is 18.3 Å². The Kier molecular flexibility index (Phi) is 8.32. The summed E-state index contributed by atoms with van der Waals surface area (Å²) in [4.78, 5) is 0. The summed E-state index contributed by atoms with van der Waals surface area (Å²) in [5, 5.41) is 0. The maximum absolute atomic E-state index is 6.70. The smallest absolute Gasteiger partial charge is 0.191 e. The van der Waals surface area contributed by atoms with Crippen molar-refractivity contribution in [1.29, 1.82) is 0 Å². The predicted octanol–water partition coefficient (Wildman–Crippen LogP) is 5.33. The lowest BCUT2D eigenvalue weighted by Crippen LogP contribution is -2.42. The highest BCUT2D eigenvalue weighted by Crippen LogP contribution is 2.34. The van der Waals surface area contributed by atoms with E-state index in [2.05, 4.69) is 42.5 Å². The molecule has 2 aromatic carbocycles. The number of rotatable bonds is 7. The first-order valence-corrected chi connectivity index (χ1v) is 12.8. The molecule has 0 saturated carbocycles. The van der Waals surface area contributed by atoms with E-state index in [1.54, 1.807) is 0 Å². The molecule has 3 aliphatic heterocycles. The Morgan fingerprint density at radius 2 is 1.44 bits per heavy atom. The number of hydrogen-bond acceptors (Lipinski definition) is 6. The number of hydrogen-bond donors (Lipinski definition) is 0. The second kappa shape index (κ2) is 11.8. The van der Waals surface area contributed by atoms with Gasteiger partial charge in [-0.25, -0.2) is 0 Å². The molecule has 0 radical (unpaired) electrons. The van der Waals surface area contributed by atoms with Crippen molar-refractivity contribution in [1.82, 2.24) is 0 Å². The van der Waals surface area contributed by atoms with Crippen LogP contribution >= 0.6 is 0 Å². The molecule has 6 heteroatoms. The highest BCUT2D eigenvalue weighted by atomic mass is 16.8. The van der Waals surface area contributed by atoms with E-state index < -0.39 is 12.1 Å². The molecule has 0 spiro atoms. The standard InChI is InChI=1S/C30H36O6/c1-30(2)35-27-18-17-26-25(34-29(27)36-30)16-10-9-15-24(32-20-23-13-7-4-8-14-23)28(33-26)21-31-19-22-11-5-3-6-12-22/h3-14,17-18,24-29H,15-16,19-21H2,1-2H3/b10-9-/t24-,25+,26-,27+,28+,29-/m0/s1. The van der Waals surface area contributed by atoms with Gasteiger partial charge in [-0.3, -0.25) is 0 Å². The van der Waals surface area contributed by atoms with E-state index in [4.69, 9.17) is 28.4 Å². The first-order valence-electron chi connectivity index (χ1n) is 12.8. The molecular weight excluding hydrogens is 456 g/mol. The summed E-state index contributed by atoms with van der Waals surface area (Å²) in [6.07, 6.45) is 8.18. The summed E-state index contributed by atoms with van der Waals surface area (Å²) in [5.74, 6) is -0.675. The van der Waals surface area contributed by atoms with E-state index in [0.29, 0.717) is 26.2 Å². The minimum absolute atomic E-state index is 0.168. The number of benzene rings is 2. The largest absolute Gasteiger partial charge is 0.374 e. The van der Waals surface area contributed by atoms with Gasteiger partial charge in [-0.05, 0) is 37.8 Å². The molecule has 0 bridgehead atoms. The summed E-state index contributed by atoms with van der Waals surface area (Å²) >= 11 is 0. The Morgan fingerprint density at radius 1 is 0.778 bits per heavy atom. The van der Waals surface area contributed by atoms with Gasteiger partial charge < -0.3 is 28.4 Å². The SMILES string of the molecule is CC1(C)O[C@@H]2O[C@@H]3C/C=C\C[C@H](OCc4ccccc4)[C@@H](COCc4ccccc4)O[C@H]3C=C[C@H]2O1. The van der Waals surface area contributed by atoms with Crippen LogP contribution in [0.5, 0.6) is 0 Å². The Bertz CT molecular complexity index is 1000. The molecule has 6 atom stereocenters. The fourth-order valence-corrected chi connectivity index (χ4v) is 4.78. The lowest BCUT2D eigenvalue weighted by Gasteiger charge is -2.32.